The van der Waals surface area contributed by atoms with Gasteiger partial charge in [0, 0.05) is 12.1 Å². The lowest BCUT2D eigenvalue weighted by Crippen LogP contribution is -2.27. The van der Waals surface area contributed by atoms with Crippen LogP contribution in [0.1, 0.15) is 18.7 Å². The van der Waals surface area contributed by atoms with Crippen molar-refractivity contribution in [3.63, 3.8) is 0 Å². The Bertz CT molecular complexity index is 433. The first-order chi connectivity index (χ1) is 7.77. The average Bonchev–Trinajstić information content (AvgIpc) is 2.70. The molecule has 0 radical (unpaired) electrons. The average molecular weight is 235 g/mol. The van der Waals surface area contributed by atoms with Gasteiger partial charge >= 0.3 is 0 Å². The summed E-state index contributed by atoms with van der Waals surface area (Å²) in [6.07, 6.45) is -0.145. The van der Waals surface area contributed by atoms with E-state index in [4.69, 9.17) is 17.0 Å². The molecule has 1 aliphatic rings. The van der Waals surface area contributed by atoms with Gasteiger partial charge in [0.25, 0.3) is 0 Å². The third-order valence-electron chi connectivity index (χ3n) is 2.55. The molecule has 5 heteroatoms. The number of ether oxygens (including phenoxy) is 1. The van der Waals surface area contributed by atoms with Crippen LogP contribution in [0.2, 0.25) is 0 Å². The fourth-order valence-corrected chi connectivity index (χ4v) is 2.02. The molecule has 0 saturated heterocycles. The lowest BCUT2D eigenvalue weighted by molar-refractivity contribution is 0.342. The van der Waals surface area contributed by atoms with Crippen LogP contribution in [0.15, 0.2) is 34.5 Å². The number of azo groups is 1. The van der Waals surface area contributed by atoms with Crippen molar-refractivity contribution in [2.24, 2.45) is 10.2 Å². The van der Waals surface area contributed by atoms with E-state index in [9.17, 15) is 0 Å². The Labute approximate surface area is 99.9 Å². The number of nitrogens with zero attached hydrogens (tertiary/aromatic N) is 3. The first kappa shape index (κ1) is 11.0. The molecule has 16 heavy (non-hydrogen) atoms. The summed E-state index contributed by atoms with van der Waals surface area (Å²) in [7, 11) is 1.65. The number of methoxy groups -OCH3 is 1. The second-order valence-corrected chi connectivity index (χ2v) is 3.76. The van der Waals surface area contributed by atoms with E-state index in [-0.39, 0.29) is 6.17 Å². The number of benzene rings is 1. The molecule has 0 fully saturated rings. The largest absolute Gasteiger partial charge is 0.496 e. The number of thiocarbonyl (C=S) groups is 1. The highest BCUT2D eigenvalue weighted by Crippen LogP contribution is 2.33. The highest BCUT2D eigenvalue weighted by molar-refractivity contribution is 7.80. The summed E-state index contributed by atoms with van der Waals surface area (Å²) < 4.78 is 5.31. The molecule has 1 aromatic carbocycles. The number of hydrogen-bond donors (Lipinski definition) is 0. The Morgan fingerprint density at radius 1 is 1.44 bits per heavy atom. The normalized spacial score (nSPS) is 19.2. The van der Waals surface area contributed by atoms with Crippen molar-refractivity contribution in [3.8, 4) is 5.75 Å². The van der Waals surface area contributed by atoms with Gasteiger partial charge in [-0.25, -0.2) is 0 Å². The number of para-hydroxylation sites is 1. The molecule has 2 rings (SSSR count). The van der Waals surface area contributed by atoms with Crippen molar-refractivity contribution in [1.82, 2.24) is 4.90 Å². The Hall–Kier alpha value is -1.49. The Balaban J connectivity index is 2.37. The zero-order valence-corrected chi connectivity index (χ0v) is 10.1. The van der Waals surface area contributed by atoms with Crippen molar-refractivity contribution < 1.29 is 4.74 Å². The monoisotopic (exact) mass is 235 g/mol. The van der Waals surface area contributed by atoms with Crippen molar-refractivity contribution in [2.45, 2.75) is 13.1 Å². The van der Waals surface area contributed by atoms with Crippen LogP contribution in [0, 0.1) is 0 Å². The molecule has 1 heterocycles. The zero-order chi connectivity index (χ0) is 11.5. The maximum absolute atomic E-state index is 5.31. The molecular formula is C11H13N3OS. The maximum Gasteiger partial charge on any atom is 0.218 e. The first-order valence-electron chi connectivity index (χ1n) is 5.12. The summed E-state index contributed by atoms with van der Waals surface area (Å²) in [5, 5.41) is 8.67. The standard InChI is InChI=1S/C11H13N3OS/c1-3-14-10(12-13-11(14)16)8-6-4-5-7-9(8)15-2/h4-7,10H,3H2,1-2H3. The molecule has 0 spiro atoms. The predicted molar refractivity (Wildman–Crippen MR) is 65.6 cm³/mol. The van der Waals surface area contributed by atoms with E-state index >= 15 is 0 Å². The number of rotatable bonds is 3. The van der Waals surface area contributed by atoms with Gasteiger partial charge in [0.15, 0.2) is 6.17 Å². The van der Waals surface area contributed by atoms with Crippen LogP contribution in [-0.2, 0) is 0 Å². The molecule has 1 aliphatic heterocycles. The molecule has 4 nitrogen and oxygen atoms in total. The molecule has 1 atom stereocenters. The van der Waals surface area contributed by atoms with Crippen LogP contribution in [-0.4, -0.2) is 23.7 Å². The van der Waals surface area contributed by atoms with Crippen molar-refractivity contribution in [3.05, 3.63) is 29.8 Å². The van der Waals surface area contributed by atoms with Gasteiger partial charge in [0.1, 0.15) is 5.75 Å². The molecule has 0 N–H and O–H groups in total. The predicted octanol–water partition coefficient (Wildman–Crippen LogP) is 2.77. The molecule has 0 saturated carbocycles. The van der Waals surface area contributed by atoms with E-state index in [0.29, 0.717) is 5.11 Å². The molecule has 1 aromatic rings. The molecular weight excluding hydrogens is 222 g/mol. The Morgan fingerprint density at radius 3 is 2.88 bits per heavy atom. The van der Waals surface area contributed by atoms with Gasteiger partial charge < -0.3 is 9.64 Å². The minimum absolute atomic E-state index is 0.145. The highest BCUT2D eigenvalue weighted by Gasteiger charge is 2.28. The van der Waals surface area contributed by atoms with Gasteiger partial charge in [-0.1, -0.05) is 18.2 Å². The van der Waals surface area contributed by atoms with E-state index in [2.05, 4.69) is 10.2 Å². The van der Waals surface area contributed by atoms with Gasteiger partial charge in [-0.3, -0.25) is 0 Å². The smallest absolute Gasteiger partial charge is 0.218 e. The Morgan fingerprint density at radius 2 is 2.19 bits per heavy atom. The van der Waals surface area contributed by atoms with E-state index in [0.717, 1.165) is 17.9 Å². The van der Waals surface area contributed by atoms with Crippen LogP contribution in [0.3, 0.4) is 0 Å². The zero-order valence-electron chi connectivity index (χ0n) is 9.25. The summed E-state index contributed by atoms with van der Waals surface area (Å²) in [4.78, 5) is 1.97. The summed E-state index contributed by atoms with van der Waals surface area (Å²) in [5.41, 5.74) is 0.996. The van der Waals surface area contributed by atoms with Gasteiger partial charge in [-0.15, -0.1) is 5.11 Å². The molecule has 0 bridgehead atoms. The van der Waals surface area contributed by atoms with Crippen LogP contribution in [0.4, 0.5) is 0 Å². The van der Waals surface area contributed by atoms with Crippen molar-refractivity contribution >= 4 is 17.3 Å². The summed E-state index contributed by atoms with van der Waals surface area (Å²) in [6, 6.07) is 7.80. The van der Waals surface area contributed by atoms with E-state index < -0.39 is 0 Å². The SMILES string of the molecule is CCN1C(=S)N=NC1c1ccccc1OC. The van der Waals surface area contributed by atoms with Crippen LogP contribution < -0.4 is 4.74 Å². The van der Waals surface area contributed by atoms with Crippen LogP contribution in [0.5, 0.6) is 5.75 Å². The van der Waals surface area contributed by atoms with Gasteiger partial charge in [-0.2, -0.15) is 5.11 Å². The summed E-state index contributed by atoms with van der Waals surface area (Å²) in [6.45, 7) is 2.82. The quantitative estimate of drug-likeness (QED) is 0.756. The first-order valence-corrected chi connectivity index (χ1v) is 5.53. The van der Waals surface area contributed by atoms with E-state index in [1.54, 1.807) is 7.11 Å². The van der Waals surface area contributed by atoms with Crippen LogP contribution in [0.25, 0.3) is 0 Å². The third-order valence-corrected chi connectivity index (χ3v) is 2.87. The molecule has 0 amide bonds. The Kier molecular flexibility index (Phi) is 3.14. The third kappa shape index (κ3) is 1.78. The maximum atomic E-state index is 5.31. The van der Waals surface area contributed by atoms with E-state index in [1.807, 2.05) is 36.1 Å². The van der Waals surface area contributed by atoms with E-state index in [1.165, 1.54) is 0 Å². The summed E-state index contributed by atoms with van der Waals surface area (Å²) >= 11 is 5.12. The fourth-order valence-electron chi connectivity index (χ4n) is 1.75. The minimum Gasteiger partial charge on any atom is -0.496 e. The minimum atomic E-state index is -0.145. The molecule has 84 valence electrons. The van der Waals surface area contributed by atoms with Crippen molar-refractivity contribution in [2.75, 3.05) is 13.7 Å². The molecule has 1 unspecified atom stereocenters. The second-order valence-electron chi connectivity index (χ2n) is 3.40. The topological polar surface area (TPSA) is 37.2 Å². The van der Waals surface area contributed by atoms with Gasteiger partial charge in [0.2, 0.25) is 5.11 Å². The van der Waals surface area contributed by atoms with Gasteiger partial charge in [0.05, 0.1) is 7.11 Å². The summed E-state index contributed by atoms with van der Waals surface area (Å²) in [5.74, 6) is 0.814. The number of hydrogen-bond acceptors (Lipinski definition) is 3. The fraction of sp³-hybridized carbons (Fsp3) is 0.364. The molecule has 0 aliphatic carbocycles. The van der Waals surface area contributed by atoms with Gasteiger partial charge in [-0.05, 0) is 25.2 Å². The lowest BCUT2D eigenvalue weighted by Gasteiger charge is -2.22. The highest BCUT2D eigenvalue weighted by atomic mass is 32.1. The lowest BCUT2D eigenvalue weighted by atomic mass is 10.1. The molecule has 0 aromatic heterocycles. The van der Waals surface area contributed by atoms with Crippen molar-refractivity contribution in [1.29, 1.82) is 0 Å². The van der Waals surface area contributed by atoms with Crippen LogP contribution >= 0.6 is 12.2 Å². The second kappa shape index (κ2) is 4.57.